The smallest absolute Gasteiger partial charge is 0.257 e. The Balaban J connectivity index is 0.00000192. The molecule has 1 aromatic heterocycles. The molecule has 8 heteroatoms. The number of rotatable bonds is 2. The van der Waals surface area contributed by atoms with Gasteiger partial charge in [-0.25, -0.2) is 0 Å². The predicted molar refractivity (Wildman–Crippen MR) is 88.7 cm³/mol. The molecule has 3 rings (SSSR count). The first-order chi connectivity index (χ1) is 10.6. The highest BCUT2D eigenvalue weighted by Gasteiger charge is 2.32. The summed E-state index contributed by atoms with van der Waals surface area (Å²) in [5, 5.41) is 7.24. The van der Waals surface area contributed by atoms with Gasteiger partial charge in [-0.1, -0.05) is 0 Å². The zero-order chi connectivity index (χ0) is 15.7. The molecule has 1 unspecified atom stereocenters. The summed E-state index contributed by atoms with van der Waals surface area (Å²) < 4.78 is 1.72. The van der Waals surface area contributed by atoms with Gasteiger partial charge in [0.05, 0.1) is 18.3 Å². The highest BCUT2D eigenvalue weighted by Crippen LogP contribution is 2.20. The molecule has 3 heterocycles. The second kappa shape index (κ2) is 7.31. The Morgan fingerprint density at radius 2 is 2.17 bits per heavy atom. The number of carbonyl (C=O) groups excluding carboxylic acids is 2. The Morgan fingerprint density at radius 3 is 2.83 bits per heavy atom. The largest absolute Gasteiger partial charge is 0.336 e. The fraction of sp³-hybridized carbons (Fsp3) is 0.667. The van der Waals surface area contributed by atoms with Crippen LogP contribution >= 0.6 is 12.4 Å². The number of aryl methyl sites for hydroxylation is 1. The van der Waals surface area contributed by atoms with Crippen LogP contribution in [0.25, 0.3) is 0 Å². The van der Waals surface area contributed by atoms with Crippen LogP contribution in [-0.2, 0) is 11.8 Å². The zero-order valence-corrected chi connectivity index (χ0v) is 14.4. The summed E-state index contributed by atoms with van der Waals surface area (Å²) in [4.78, 5) is 28.5. The van der Waals surface area contributed by atoms with Gasteiger partial charge in [-0.15, -0.1) is 12.4 Å². The third-order valence-corrected chi connectivity index (χ3v) is 4.72. The van der Waals surface area contributed by atoms with E-state index in [4.69, 9.17) is 0 Å². The van der Waals surface area contributed by atoms with Crippen LogP contribution in [-0.4, -0.2) is 70.2 Å². The van der Waals surface area contributed by atoms with Crippen molar-refractivity contribution in [2.24, 2.45) is 7.05 Å². The number of hydrogen-bond acceptors (Lipinski definition) is 4. The molecule has 7 nitrogen and oxygen atoms in total. The maximum atomic E-state index is 12.7. The van der Waals surface area contributed by atoms with Gasteiger partial charge in [0.1, 0.15) is 0 Å². The number of halogens is 1. The number of piperidine rings is 1. The average Bonchev–Trinajstić information content (AvgIpc) is 2.87. The van der Waals surface area contributed by atoms with E-state index in [-0.39, 0.29) is 30.3 Å². The first-order valence-corrected chi connectivity index (χ1v) is 7.86. The minimum Gasteiger partial charge on any atom is -0.336 e. The normalized spacial score (nSPS) is 22.0. The quantitative estimate of drug-likeness (QED) is 0.833. The summed E-state index contributed by atoms with van der Waals surface area (Å²) in [6.07, 6.45) is 3.55. The van der Waals surface area contributed by atoms with Crippen molar-refractivity contribution < 1.29 is 9.59 Å². The standard InChI is InChI=1S/C15H23N5O2.ClH/c1-11-13(8-17-18(11)2)15(22)19-6-3-4-12(10-19)20-7-5-16-9-14(20)21;/h8,12,16H,3-7,9-10H2,1-2H3;1H. The number of likely N-dealkylation sites (tertiary alicyclic amines) is 1. The number of piperazine rings is 1. The molecule has 2 amide bonds. The minimum atomic E-state index is 0. The molecule has 2 aliphatic rings. The van der Waals surface area contributed by atoms with Gasteiger partial charge < -0.3 is 15.1 Å². The van der Waals surface area contributed by atoms with E-state index in [1.54, 1.807) is 10.9 Å². The van der Waals surface area contributed by atoms with E-state index in [1.807, 2.05) is 23.8 Å². The van der Waals surface area contributed by atoms with E-state index in [0.29, 0.717) is 18.7 Å². The van der Waals surface area contributed by atoms with E-state index >= 15 is 0 Å². The van der Waals surface area contributed by atoms with Crippen molar-refractivity contribution in [1.82, 2.24) is 24.9 Å². The molecule has 0 aliphatic carbocycles. The van der Waals surface area contributed by atoms with Crippen LogP contribution in [0.15, 0.2) is 6.20 Å². The monoisotopic (exact) mass is 341 g/mol. The second-order valence-corrected chi connectivity index (χ2v) is 6.08. The van der Waals surface area contributed by atoms with Crippen molar-refractivity contribution >= 4 is 24.2 Å². The van der Waals surface area contributed by atoms with E-state index in [0.717, 1.165) is 38.2 Å². The Bertz CT molecular complexity index is 588. The van der Waals surface area contributed by atoms with Crippen molar-refractivity contribution in [1.29, 1.82) is 0 Å². The van der Waals surface area contributed by atoms with Crippen molar-refractivity contribution in [2.75, 3.05) is 32.7 Å². The van der Waals surface area contributed by atoms with Crippen LogP contribution in [0.4, 0.5) is 0 Å². The molecular formula is C15H24ClN5O2. The molecule has 1 N–H and O–H groups in total. The van der Waals surface area contributed by atoms with Crippen LogP contribution in [0.2, 0.25) is 0 Å². The Hall–Kier alpha value is -1.60. The lowest BCUT2D eigenvalue weighted by molar-refractivity contribution is -0.135. The van der Waals surface area contributed by atoms with E-state index < -0.39 is 0 Å². The summed E-state index contributed by atoms with van der Waals surface area (Å²) >= 11 is 0. The summed E-state index contributed by atoms with van der Waals surface area (Å²) in [7, 11) is 1.84. The van der Waals surface area contributed by atoms with Gasteiger partial charge in [0.15, 0.2) is 0 Å². The molecule has 0 spiro atoms. The maximum Gasteiger partial charge on any atom is 0.257 e. The Kier molecular flexibility index (Phi) is 5.64. The third-order valence-electron chi connectivity index (χ3n) is 4.72. The molecule has 2 aliphatic heterocycles. The van der Waals surface area contributed by atoms with Crippen molar-refractivity contribution in [2.45, 2.75) is 25.8 Å². The molecule has 2 fully saturated rings. The number of nitrogens with one attached hydrogen (secondary N) is 1. The van der Waals surface area contributed by atoms with Crippen molar-refractivity contribution in [3.05, 3.63) is 17.5 Å². The first kappa shape index (κ1) is 17.7. The third kappa shape index (κ3) is 3.50. The maximum absolute atomic E-state index is 12.7. The molecule has 2 saturated heterocycles. The van der Waals surface area contributed by atoms with E-state index in [2.05, 4.69) is 10.4 Å². The van der Waals surface area contributed by atoms with Gasteiger partial charge >= 0.3 is 0 Å². The lowest BCUT2D eigenvalue weighted by Crippen LogP contribution is -2.57. The number of aromatic nitrogens is 2. The van der Waals surface area contributed by atoms with Gasteiger partial charge in [0.25, 0.3) is 5.91 Å². The second-order valence-electron chi connectivity index (χ2n) is 6.08. The lowest BCUT2D eigenvalue weighted by Gasteiger charge is -2.41. The summed E-state index contributed by atoms with van der Waals surface area (Å²) in [6, 6.07) is 0.143. The Labute approximate surface area is 142 Å². The van der Waals surface area contributed by atoms with Gasteiger partial charge in [0.2, 0.25) is 5.91 Å². The van der Waals surface area contributed by atoms with E-state index in [9.17, 15) is 9.59 Å². The molecule has 23 heavy (non-hydrogen) atoms. The minimum absolute atomic E-state index is 0. The van der Waals surface area contributed by atoms with Gasteiger partial charge in [-0.2, -0.15) is 5.10 Å². The fourth-order valence-corrected chi connectivity index (χ4v) is 3.28. The SMILES string of the molecule is Cc1c(C(=O)N2CCCC(N3CCNCC3=O)C2)cnn1C.Cl. The van der Waals surface area contributed by atoms with E-state index in [1.165, 1.54) is 0 Å². The number of nitrogens with zero attached hydrogens (tertiary/aromatic N) is 4. The van der Waals surface area contributed by atoms with Crippen molar-refractivity contribution in [3.8, 4) is 0 Å². The summed E-state index contributed by atoms with van der Waals surface area (Å²) in [6.45, 7) is 5.26. The van der Waals surface area contributed by atoms with Crippen LogP contribution < -0.4 is 5.32 Å². The molecule has 0 bridgehead atoms. The molecule has 128 valence electrons. The van der Waals surface area contributed by atoms with Gasteiger partial charge in [-0.05, 0) is 19.8 Å². The number of hydrogen-bond donors (Lipinski definition) is 1. The molecule has 0 aromatic carbocycles. The molecule has 0 saturated carbocycles. The van der Waals surface area contributed by atoms with Gasteiger partial charge in [0, 0.05) is 45.0 Å². The summed E-state index contributed by atoms with van der Waals surface area (Å²) in [5.74, 6) is 0.168. The number of carbonyl (C=O) groups is 2. The average molecular weight is 342 g/mol. The fourth-order valence-electron chi connectivity index (χ4n) is 3.28. The highest BCUT2D eigenvalue weighted by atomic mass is 35.5. The zero-order valence-electron chi connectivity index (χ0n) is 13.6. The van der Waals surface area contributed by atoms with Crippen LogP contribution in [0.3, 0.4) is 0 Å². The molecule has 1 atom stereocenters. The highest BCUT2D eigenvalue weighted by molar-refractivity contribution is 5.95. The first-order valence-electron chi connectivity index (χ1n) is 7.86. The molecule has 0 radical (unpaired) electrons. The Morgan fingerprint density at radius 1 is 1.39 bits per heavy atom. The number of amides is 2. The summed E-state index contributed by atoms with van der Waals surface area (Å²) in [5.41, 5.74) is 1.54. The van der Waals surface area contributed by atoms with Crippen LogP contribution in [0.5, 0.6) is 0 Å². The molecular weight excluding hydrogens is 318 g/mol. The predicted octanol–water partition coefficient (Wildman–Crippen LogP) is 0.187. The van der Waals surface area contributed by atoms with Crippen molar-refractivity contribution in [3.63, 3.8) is 0 Å². The van der Waals surface area contributed by atoms with Crippen LogP contribution in [0, 0.1) is 6.92 Å². The topological polar surface area (TPSA) is 70.5 Å². The molecule has 1 aromatic rings. The lowest BCUT2D eigenvalue weighted by atomic mass is 10.0. The van der Waals surface area contributed by atoms with Crippen LogP contribution in [0.1, 0.15) is 28.9 Å². The van der Waals surface area contributed by atoms with Gasteiger partial charge in [-0.3, -0.25) is 14.3 Å².